The number of carbonyl (C=O) groups excluding carboxylic acids is 1. The molecule has 0 atom stereocenters. The number of likely N-dealkylation sites (tertiary alicyclic amines) is 1. The van der Waals surface area contributed by atoms with E-state index in [4.69, 9.17) is 20.6 Å². The van der Waals surface area contributed by atoms with E-state index in [1.54, 1.807) is 12.3 Å². The van der Waals surface area contributed by atoms with Gasteiger partial charge >= 0.3 is 5.97 Å². The van der Waals surface area contributed by atoms with Crippen molar-refractivity contribution in [2.45, 2.75) is 17.7 Å². The number of hydrogen-bond acceptors (Lipinski definition) is 7. The number of nitrogens with zero attached hydrogens (tertiary/aromatic N) is 2. The number of benzene rings is 2. The molecule has 2 heterocycles. The molecule has 3 N–H and O–H groups in total. The fraction of sp³-hybridized carbons (Fsp3) is 0.292. The highest BCUT2D eigenvalue weighted by Gasteiger charge is 2.19. The van der Waals surface area contributed by atoms with Crippen molar-refractivity contribution < 1.29 is 14.3 Å². The lowest BCUT2D eigenvalue weighted by Crippen LogP contribution is -2.27. The highest BCUT2D eigenvalue weighted by Crippen LogP contribution is 2.25. The largest absolute Gasteiger partial charge is 0.490 e. The van der Waals surface area contributed by atoms with Crippen LogP contribution in [0, 0.1) is 5.41 Å². The molecule has 166 valence electrons. The molecule has 0 amide bonds. The molecular formula is C24H26N4O3S. The Kier molecular flexibility index (Phi) is 6.80. The number of esters is 1. The topological polar surface area (TPSA) is 102 Å². The first-order valence-corrected chi connectivity index (χ1v) is 11.8. The lowest BCUT2D eigenvalue weighted by atomic mass is 10.1. The first-order valence-electron chi connectivity index (χ1n) is 10.5. The lowest BCUT2D eigenvalue weighted by Gasteiger charge is -2.19. The predicted octanol–water partition coefficient (Wildman–Crippen LogP) is 4.20. The molecule has 1 fully saturated rings. The predicted molar refractivity (Wildman–Crippen MR) is 128 cm³/mol. The molecule has 0 spiro atoms. The number of anilines is 1. The third-order valence-corrected chi connectivity index (χ3v) is 6.25. The summed E-state index contributed by atoms with van der Waals surface area (Å²) < 4.78 is 11.1. The summed E-state index contributed by atoms with van der Waals surface area (Å²) in [7, 11) is 0. The minimum Gasteiger partial charge on any atom is -0.490 e. The molecule has 0 radical (unpaired) electrons. The molecule has 7 nitrogen and oxygen atoms in total. The van der Waals surface area contributed by atoms with E-state index in [1.165, 1.54) is 11.8 Å². The number of nitrogens with one attached hydrogen (secondary N) is 1. The van der Waals surface area contributed by atoms with E-state index < -0.39 is 5.97 Å². The molecule has 4 rings (SSSR count). The molecule has 0 unspecified atom stereocenters. The summed E-state index contributed by atoms with van der Waals surface area (Å²) in [6.07, 6.45) is 5.82. The number of aromatic nitrogens is 1. The van der Waals surface area contributed by atoms with Crippen molar-refractivity contribution >= 4 is 40.2 Å². The number of fused-ring (bicyclic) bond motifs is 1. The van der Waals surface area contributed by atoms with E-state index >= 15 is 0 Å². The molecule has 32 heavy (non-hydrogen) atoms. The average molecular weight is 451 g/mol. The number of thioether (sulfide) groups is 1. The number of rotatable bonds is 7. The number of carbonyl (C=O) groups is 1. The van der Waals surface area contributed by atoms with Crippen LogP contribution in [0.3, 0.4) is 0 Å². The Morgan fingerprint density at radius 1 is 1.16 bits per heavy atom. The zero-order valence-corrected chi connectivity index (χ0v) is 18.8. The maximum absolute atomic E-state index is 12.6. The van der Waals surface area contributed by atoms with E-state index in [1.807, 2.05) is 42.7 Å². The van der Waals surface area contributed by atoms with Gasteiger partial charge in [0.25, 0.3) is 0 Å². The van der Waals surface area contributed by atoms with Crippen molar-refractivity contribution in [1.82, 2.24) is 9.88 Å². The zero-order valence-electron chi connectivity index (χ0n) is 18.0. The maximum atomic E-state index is 12.6. The molecule has 1 aliphatic heterocycles. The lowest BCUT2D eigenvalue weighted by molar-refractivity contribution is 0.0446. The minimum absolute atomic E-state index is 0.124. The van der Waals surface area contributed by atoms with Crippen LogP contribution in [0.4, 0.5) is 5.82 Å². The van der Waals surface area contributed by atoms with Gasteiger partial charge in [-0.3, -0.25) is 5.41 Å². The van der Waals surface area contributed by atoms with Crippen molar-refractivity contribution in [1.29, 1.82) is 5.41 Å². The van der Waals surface area contributed by atoms with Crippen LogP contribution >= 0.6 is 11.8 Å². The number of nitrogens with two attached hydrogens (primary N) is 1. The molecule has 2 aromatic carbocycles. The quantitative estimate of drug-likeness (QED) is 0.183. The molecule has 1 aromatic heterocycles. The Hall–Kier alpha value is -3.26. The normalized spacial score (nSPS) is 13.3. The second-order valence-corrected chi connectivity index (χ2v) is 8.37. The first kappa shape index (κ1) is 22.0. The van der Waals surface area contributed by atoms with E-state index in [2.05, 4.69) is 9.88 Å². The molecule has 3 aromatic rings. The Bertz CT molecular complexity index is 1150. The number of hydrogen-bond donors (Lipinski definition) is 2. The number of nitrogen functional groups attached to an aromatic ring is 1. The molecule has 8 heteroatoms. The zero-order chi connectivity index (χ0) is 22.5. The first-order chi connectivity index (χ1) is 15.6. The second kappa shape index (κ2) is 9.91. The summed E-state index contributed by atoms with van der Waals surface area (Å²) >= 11 is 1.47. The molecule has 0 bridgehead atoms. The van der Waals surface area contributed by atoms with E-state index in [9.17, 15) is 4.79 Å². The van der Waals surface area contributed by atoms with Crippen molar-refractivity contribution in [3.8, 4) is 5.75 Å². The fourth-order valence-electron chi connectivity index (χ4n) is 3.76. The minimum atomic E-state index is -0.399. The fourth-order valence-corrected chi connectivity index (χ4v) is 4.38. The summed E-state index contributed by atoms with van der Waals surface area (Å²) in [6.45, 7) is 2.18. The van der Waals surface area contributed by atoms with Crippen molar-refractivity contribution in [2.24, 2.45) is 0 Å². The maximum Gasteiger partial charge on any atom is 0.339 e. The van der Waals surface area contributed by atoms with Crippen LogP contribution in [-0.2, 0) is 4.74 Å². The van der Waals surface area contributed by atoms with Gasteiger partial charge in [0, 0.05) is 35.1 Å². The standard InChI is InChI=1S/C24H26N4O3S/c1-32-21-14-17(23(26)28-10-2-3-11-28)5-7-19(21)24(29)31-13-12-30-18-6-4-16-8-9-27-22(25)20(16)15-18/h4-9,14-15,26H,2-3,10-13H2,1H3,(H2,25,27). The smallest absolute Gasteiger partial charge is 0.339 e. The third kappa shape index (κ3) is 4.80. The number of ether oxygens (including phenoxy) is 2. The van der Waals surface area contributed by atoms with E-state index in [0.29, 0.717) is 23.0 Å². The summed E-state index contributed by atoms with van der Waals surface area (Å²) in [6, 6.07) is 12.9. The molecule has 0 saturated carbocycles. The van der Waals surface area contributed by atoms with Gasteiger partial charge in [0.05, 0.1) is 5.56 Å². The molecule has 1 saturated heterocycles. The third-order valence-electron chi connectivity index (χ3n) is 5.47. The monoisotopic (exact) mass is 450 g/mol. The van der Waals surface area contributed by atoms with Crippen LogP contribution in [0.2, 0.25) is 0 Å². The van der Waals surface area contributed by atoms with Gasteiger partial charge in [0.1, 0.15) is 30.6 Å². The molecule has 0 aliphatic carbocycles. The second-order valence-electron chi connectivity index (χ2n) is 7.52. The van der Waals surface area contributed by atoms with Crippen LogP contribution in [0.25, 0.3) is 10.8 Å². The summed E-state index contributed by atoms with van der Waals surface area (Å²) in [5.41, 5.74) is 7.24. The van der Waals surface area contributed by atoms with Gasteiger partial charge < -0.3 is 20.1 Å². The average Bonchev–Trinajstić information content (AvgIpc) is 3.36. The van der Waals surface area contributed by atoms with Crippen LogP contribution < -0.4 is 10.5 Å². The summed E-state index contributed by atoms with van der Waals surface area (Å²) in [4.78, 5) is 19.6. The van der Waals surface area contributed by atoms with Crippen LogP contribution in [-0.4, -0.2) is 54.2 Å². The summed E-state index contributed by atoms with van der Waals surface area (Å²) in [5.74, 6) is 1.20. The molecular weight excluding hydrogens is 424 g/mol. The van der Waals surface area contributed by atoms with Crippen molar-refractivity contribution in [3.05, 3.63) is 59.8 Å². The van der Waals surface area contributed by atoms with Gasteiger partial charge in [-0.2, -0.15) is 0 Å². The Morgan fingerprint density at radius 2 is 1.97 bits per heavy atom. The van der Waals surface area contributed by atoms with Crippen molar-refractivity contribution in [3.63, 3.8) is 0 Å². The number of amidine groups is 1. The Balaban J connectivity index is 1.34. The van der Waals surface area contributed by atoms with Gasteiger partial charge in [0.2, 0.25) is 0 Å². The van der Waals surface area contributed by atoms with E-state index in [-0.39, 0.29) is 13.2 Å². The highest BCUT2D eigenvalue weighted by molar-refractivity contribution is 7.98. The SMILES string of the molecule is CSc1cc(C(=N)N2CCCC2)ccc1C(=O)OCCOc1ccc2ccnc(N)c2c1. The number of pyridine rings is 1. The molecule has 1 aliphatic rings. The van der Waals surface area contributed by atoms with Crippen LogP contribution in [0.1, 0.15) is 28.8 Å². The highest BCUT2D eigenvalue weighted by atomic mass is 32.2. The van der Waals surface area contributed by atoms with Gasteiger partial charge in [-0.05, 0) is 54.8 Å². The van der Waals surface area contributed by atoms with Gasteiger partial charge in [-0.1, -0.05) is 12.1 Å². The van der Waals surface area contributed by atoms with E-state index in [0.717, 1.165) is 47.2 Å². The van der Waals surface area contributed by atoms with Gasteiger partial charge in [-0.15, -0.1) is 11.8 Å². The van der Waals surface area contributed by atoms with Crippen molar-refractivity contribution in [2.75, 3.05) is 38.3 Å². The van der Waals surface area contributed by atoms with Crippen LogP contribution in [0.5, 0.6) is 5.75 Å². The summed E-state index contributed by atoms with van der Waals surface area (Å²) in [5, 5.41) is 10.2. The Labute approximate surface area is 191 Å². The van der Waals surface area contributed by atoms with Gasteiger partial charge in [-0.25, -0.2) is 9.78 Å². The van der Waals surface area contributed by atoms with Crippen LogP contribution in [0.15, 0.2) is 53.6 Å². The Morgan fingerprint density at radius 3 is 2.75 bits per heavy atom. The van der Waals surface area contributed by atoms with Gasteiger partial charge in [0.15, 0.2) is 0 Å².